The van der Waals surface area contributed by atoms with Crippen molar-refractivity contribution in [1.82, 2.24) is 9.97 Å². The van der Waals surface area contributed by atoms with E-state index in [4.69, 9.17) is 0 Å². The van der Waals surface area contributed by atoms with Crippen LogP contribution in [0.5, 0.6) is 0 Å². The summed E-state index contributed by atoms with van der Waals surface area (Å²) in [6, 6.07) is 0. The first-order valence-electron chi connectivity index (χ1n) is 1.43. The van der Waals surface area contributed by atoms with Gasteiger partial charge in [-0.3, -0.25) is 0 Å². The zero-order valence-corrected chi connectivity index (χ0v) is 8.35. The van der Waals surface area contributed by atoms with Gasteiger partial charge < -0.3 is 19.8 Å². The minimum atomic E-state index is 0. The molecule has 1 aromatic heterocycles. The molecule has 0 unspecified atom stereocenters. The van der Waals surface area contributed by atoms with Crippen LogP contribution in [0.15, 0.2) is 18.7 Å². The Hall–Kier alpha value is -0.167. The van der Waals surface area contributed by atoms with Crippen molar-refractivity contribution in [3.05, 3.63) is 33.6 Å². The van der Waals surface area contributed by atoms with Gasteiger partial charge in [0.25, 0.3) is 0 Å². The molecule has 0 aliphatic rings. The number of rotatable bonds is 0. The smallest absolute Gasteiger partial charge is 0.358 e. The van der Waals surface area contributed by atoms with Crippen LogP contribution in [0.3, 0.4) is 0 Å². The largest absolute Gasteiger partial charge is 2.00 e. The van der Waals surface area contributed by atoms with Crippen molar-refractivity contribution in [2.45, 2.75) is 0 Å². The third-order valence-corrected chi connectivity index (χ3v) is 0.406. The van der Waals surface area contributed by atoms with E-state index < -0.39 is 0 Å². The predicted molar refractivity (Wildman–Crippen MR) is 31.4 cm³/mol. The number of nitrogens with one attached hydrogen (secondary N) is 1. The van der Waals surface area contributed by atoms with Gasteiger partial charge >= 0.3 is 19.5 Å². The van der Waals surface area contributed by atoms with Gasteiger partial charge in [-0.05, 0) is 0 Å². The molecular weight excluding hydrogens is 153 g/mol. The molecule has 0 aliphatic heterocycles. The van der Waals surface area contributed by atoms with Gasteiger partial charge in [-0.15, -0.1) is 0 Å². The van der Waals surface area contributed by atoms with Gasteiger partial charge in [-0.25, -0.2) is 4.98 Å². The third kappa shape index (κ3) is 5.83. The molecule has 2 nitrogen and oxygen atoms in total. The molecular formula is C5H10N2Zn. The second-order valence-corrected chi connectivity index (χ2v) is 0.761. The molecule has 8 heavy (non-hydrogen) atoms. The van der Waals surface area contributed by atoms with Crippen LogP contribution in [-0.2, 0) is 19.5 Å². The number of hydrogen-bond donors (Lipinski definition) is 1. The number of hydrogen-bond acceptors (Lipinski definition) is 1. The Balaban J connectivity index is -0.0000000833. The molecule has 0 aliphatic carbocycles. The van der Waals surface area contributed by atoms with Crippen molar-refractivity contribution in [3.8, 4) is 0 Å². The second-order valence-electron chi connectivity index (χ2n) is 0.761. The van der Waals surface area contributed by atoms with E-state index in [1.807, 2.05) is 0 Å². The second kappa shape index (κ2) is 9.95. The molecule has 3 heteroatoms. The molecule has 0 fully saturated rings. The van der Waals surface area contributed by atoms with E-state index >= 15 is 0 Å². The van der Waals surface area contributed by atoms with Gasteiger partial charge in [0.1, 0.15) is 0 Å². The fourth-order valence-electron chi connectivity index (χ4n) is 0.215. The predicted octanol–water partition coefficient (Wildman–Crippen LogP) is 1.31. The average molecular weight is 164 g/mol. The van der Waals surface area contributed by atoms with Crippen LogP contribution < -0.4 is 0 Å². The Bertz CT molecular complexity index is 66.9. The summed E-state index contributed by atoms with van der Waals surface area (Å²) >= 11 is 0. The monoisotopic (exact) mass is 162 g/mol. The van der Waals surface area contributed by atoms with Crippen LogP contribution in [0.4, 0.5) is 0 Å². The zero-order chi connectivity index (χ0) is 3.54. The Morgan fingerprint density at radius 3 is 2.00 bits per heavy atom. The molecule has 0 atom stereocenters. The van der Waals surface area contributed by atoms with Crippen LogP contribution in [-0.4, -0.2) is 9.97 Å². The summed E-state index contributed by atoms with van der Waals surface area (Å²) in [5.74, 6) is 0. The number of nitrogens with zero attached hydrogens (tertiary/aromatic N) is 1. The molecule has 1 rings (SSSR count). The topological polar surface area (TPSA) is 28.7 Å². The van der Waals surface area contributed by atoms with Crippen molar-refractivity contribution >= 4 is 0 Å². The Morgan fingerprint density at radius 2 is 1.88 bits per heavy atom. The van der Waals surface area contributed by atoms with Gasteiger partial charge in [0.05, 0.1) is 6.33 Å². The average Bonchev–Trinajstić information content (AvgIpc) is 1.76. The first kappa shape index (κ1) is 15.7. The first-order valence-corrected chi connectivity index (χ1v) is 1.43. The van der Waals surface area contributed by atoms with Crippen molar-refractivity contribution in [1.29, 1.82) is 0 Å². The fourth-order valence-corrected chi connectivity index (χ4v) is 0.215. The molecule has 0 saturated heterocycles. The molecule has 0 spiro atoms. The normalized spacial score (nSPS) is 5.00. The van der Waals surface area contributed by atoms with Gasteiger partial charge in [0.15, 0.2) is 0 Å². The quantitative estimate of drug-likeness (QED) is 0.453. The van der Waals surface area contributed by atoms with E-state index in [1.165, 1.54) is 0 Å². The Kier molecular flexibility index (Phi) is 19.5. The molecule has 0 radical (unpaired) electrons. The van der Waals surface area contributed by atoms with Gasteiger partial charge in [0.2, 0.25) is 0 Å². The minimum absolute atomic E-state index is 0. The molecule has 1 aromatic rings. The number of aromatic nitrogens is 2. The van der Waals surface area contributed by atoms with Crippen LogP contribution >= 0.6 is 0 Å². The summed E-state index contributed by atoms with van der Waals surface area (Å²) in [5, 5.41) is 0. The van der Waals surface area contributed by atoms with E-state index in [9.17, 15) is 0 Å². The first-order chi connectivity index (χ1) is 2.50. The number of imidazole rings is 1. The Labute approximate surface area is 63.5 Å². The maximum absolute atomic E-state index is 3.67. The van der Waals surface area contributed by atoms with Crippen molar-refractivity contribution in [2.75, 3.05) is 0 Å². The van der Waals surface area contributed by atoms with Crippen LogP contribution in [0, 0.1) is 14.9 Å². The Morgan fingerprint density at radius 1 is 1.25 bits per heavy atom. The SMILES string of the molecule is [CH3-].[CH3-].[Zn+2].c1c[nH]cn1. The van der Waals surface area contributed by atoms with Crippen molar-refractivity contribution in [3.63, 3.8) is 0 Å². The molecule has 0 bridgehead atoms. The maximum atomic E-state index is 3.67. The van der Waals surface area contributed by atoms with Crippen molar-refractivity contribution < 1.29 is 19.5 Å². The maximum Gasteiger partial charge on any atom is 2.00 e. The molecule has 42 valence electrons. The zero-order valence-electron chi connectivity index (χ0n) is 5.39. The standard InChI is InChI=1S/C3H4N2.2CH3.Zn/c1-2-5-3-4-1;;;/h1-3H,(H,4,5);2*1H3;/q;2*-1;+2. The van der Waals surface area contributed by atoms with Gasteiger partial charge in [-0.1, -0.05) is 0 Å². The van der Waals surface area contributed by atoms with E-state index in [0.29, 0.717) is 0 Å². The summed E-state index contributed by atoms with van der Waals surface area (Å²) in [5.41, 5.74) is 0. The summed E-state index contributed by atoms with van der Waals surface area (Å²) in [7, 11) is 0. The van der Waals surface area contributed by atoms with Crippen LogP contribution in [0.25, 0.3) is 0 Å². The van der Waals surface area contributed by atoms with E-state index in [1.54, 1.807) is 18.7 Å². The van der Waals surface area contributed by atoms with Gasteiger partial charge in [0, 0.05) is 12.4 Å². The molecule has 1 heterocycles. The van der Waals surface area contributed by atoms with E-state index in [0.717, 1.165) is 0 Å². The van der Waals surface area contributed by atoms with Crippen molar-refractivity contribution in [2.24, 2.45) is 0 Å². The fraction of sp³-hybridized carbons (Fsp3) is 0. The molecule has 1 N–H and O–H groups in total. The number of aromatic amines is 1. The summed E-state index contributed by atoms with van der Waals surface area (Å²) < 4.78 is 0. The van der Waals surface area contributed by atoms with Crippen LogP contribution in [0.2, 0.25) is 0 Å². The minimum Gasteiger partial charge on any atom is -0.358 e. The molecule has 0 aromatic carbocycles. The van der Waals surface area contributed by atoms with E-state index in [-0.39, 0.29) is 34.3 Å². The number of H-pyrrole nitrogens is 1. The van der Waals surface area contributed by atoms with Crippen LogP contribution in [0.1, 0.15) is 0 Å². The molecule has 0 amide bonds. The summed E-state index contributed by atoms with van der Waals surface area (Å²) in [4.78, 5) is 6.42. The summed E-state index contributed by atoms with van der Waals surface area (Å²) in [6.45, 7) is 0. The molecule has 0 saturated carbocycles. The third-order valence-electron chi connectivity index (χ3n) is 0.406. The van der Waals surface area contributed by atoms with Gasteiger partial charge in [-0.2, -0.15) is 0 Å². The van der Waals surface area contributed by atoms with E-state index in [2.05, 4.69) is 9.97 Å². The summed E-state index contributed by atoms with van der Waals surface area (Å²) in [6.07, 6.45) is 5.08.